The third-order valence-electron chi connectivity index (χ3n) is 4.63. The quantitative estimate of drug-likeness (QED) is 0.820. The lowest BCUT2D eigenvalue weighted by molar-refractivity contribution is -0.130. The fourth-order valence-corrected chi connectivity index (χ4v) is 3.48. The second-order valence-electron chi connectivity index (χ2n) is 7.92. The Kier molecular flexibility index (Phi) is 5.49. The van der Waals surface area contributed by atoms with E-state index in [1.165, 1.54) is 0 Å². The van der Waals surface area contributed by atoms with E-state index in [2.05, 4.69) is 0 Å². The Bertz CT molecular complexity index is 784. The van der Waals surface area contributed by atoms with E-state index in [4.69, 9.17) is 4.74 Å². The third kappa shape index (κ3) is 4.48. The van der Waals surface area contributed by atoms with E-state index in [1.807, 2.05) is 81.4 Å². The number of nitrogens with zero attached hydrogens (tertiary/aromatic N) is 2. The highest BCUT2D eigenvalue weighted by molar-refractivity contribution is 5.86. The molecule has 1 fully saturated rings. The molecule has 1 aliphatic rings. The molecular weight excluding hydrogens is 340 g/mol. The first-order valence-electron chi connectivity index (χ1n) is 9.17. The Morgan fingerprint density at radius 3 is 2.11 bits per heavy atom. The van der Waals surface area contributed by atoms with Crippen LogP contribution in [0.15, 0.2) is 60.7 Å². The van der Waals surface area contributed by atoms with Crippen molar-refractivity contribution in [1.82, 2.24) is 9.80 Å². The van der Waals surface area contributed by atoms with Gasteiger partial charge in [0.25, 0.3) is 0 Å². The van der Waals surface area contributed by atoms with E-state index < -0.39 is 6.09 Å². The molecule has 0 radical (unpaired) electrons. The number of carbonyl (C=O) groups excluding carboxylic acids is 2. The van der Waals surface area contributed by atoms with Crippen LogP contribution in [-0.4, -0.2) is 34.5 Å². The molecule has 0 saturated carbocycles. The van der Waals surface area contributed by atoms with Crippen LogP contribution in [0, 0.1) is 5.41 Å². The Balaban J connectivity index is 1.75. The zero-order chi connectivity index (χ0) is 19.4. The molecule has 0 aliphatic carbocycles. The highest BCUT2D eigenvalue weighted by Gasteiger charge is 2.47. The van der Waals surface area contributed by atoms with Gasteiger partial charge in [-0.1, -0.05) is 81.4 Å². The number of hydrogen-bond acceptors (Lipinski definition) is 3. The fraction of sp³-hybridized carbons (Fsp3) is 0.364. The number of rotatable bonds is 4. The summed E-state index contributed by atoms with van der Waals surface area (Å²) in [5.41, 5.74) is 1.66. The SMILES string of the molecule is CC(C)(C)C1N(Cc2ccccc2)C(=O)CN1C(=O)OCc1ccccc1. The van der Waals surface area contributed by atoms with E-state index in [1.54, 1.807) is 9.80 Å². The minimum absolute atomic E-state index is 0.0440. The standard InChI is InChI=1S/C22H26N2O3/c1-22(2,3)20-23(14-17-10-6-4-7-11-17)19(25)15-24(20)21(26)27-16-18-12-8-5-9-13-18/h4-13,20H,14-16H2,1-3H3. The fourth-order valence-electron chi connectivity index (χ4n) is 3.48. The second kappa shape index (κ2) is 7.82. The molecule has 27 heavy (non-hydrogen) atoms. The van der Waals surface area contributed by atoms with Gasteiger partial charge in [-0.2, -0.15) is 0 Å². The van der Waals surface area contributed by atoms with E-state index in [0.29, 0.717) is 6.54 Å². The van der Waals surface area contributed by atoms with Crippen LogP contribution in [0.3, 0.4) is 0 Å². The maximum atomic E-state index is 12.7. The summed E-state index contributed by atoms with van der Waals surface area (Å²) in [5.74, 6) is -0.0598. The van der Waals surface area contributed by atoms with Crippen molar-refractivity contribution in [2.75, 3.05) is 6.54 Å². The first-order chi connectivity index (χ1) is 12.9. The Morgan fingerprint density at radius 1 is 1.00 bits per heavy atom. The predicted molar refractivity (Wildman–Crippen MR) is 104 cm³/mol. The maximum absolute atomic E-state index is 12.7. The van der Waals surface area contributed by atoms with Crippen LogP contribution in [0.5, 0.6) is 0 Å². The van der Waals surface area contributed by atoms with Gasteiger partial charge in [0.2, 0.25) is 5.91 Å². The minimum atomic E-state index is -0.456. The van der Waals surface area contributed by atoms with Gasteiger partial charge in [-0.25, -0.2) is 4.79 Å². The van der Waals surface area contributed by atoms with Crippen molar-refractivity contribution in [2.45, 2.75) is 40.1 Å². The second-order valence-corrected chi connectivity index (χ2v) is 7.92. The summed E-state index contributed by atoms with van der Waals surface area (Å²) in [6, 6.07) is 19.4. The monoisotopic (exact) mass is 366 g/mol. The normalized spacial score (nSPS) is 17.3. The van der Waals surface area contributed by atoms with Gasteiger partial charge in [-0.15, -0.1) is 0 Å². The summed E-state index contributed by atoms with van der Waals surface area (Å²) in [6.45, 7) is 6.82. The van der Waals surface area contributed by atoms with Gasteiger partial charge in [0.15, 0.2) is 0 Å². The minimum Gasteiger partial charge on any atom is -0.444 e. The van der Waals surface area contributed by atoms with Crippen molar-refractivity contribution in [3.8, 4) is 0 Å². The number of ether oxygens (including phenoxy) is 1. The average Bonchev–Trinajstić information content (AvgIpc) is 2.98. The van der Waals surface area contributed by atoms with Crippen LogP contribution in [0.2, 0.25) is 0 Å². The maximum Gasteiger partial charge on any atom is 0.412 e. The van der Waals surface area contributed by atoms with Crippen LogP contribution in [-0.2, 0) is 22.7 Å². The number of benzene rings is 2. The predicted octanol–water partition coefficient (Wildman–Crippen LogP) is 4.04. The van der Waals surface area contributed by atoms with Gasteiger partial charge in [0.05, 0.1) is 0 Å². The van der Waals surface area contributed by atoms with E-state index in [9.17, 15) is 9.59 Å². The molecular formula is C22H26N2O3. The van der Waals surface area contributed by atoms with Crippen molar-refractivity contribution in [1.29, 1.82) is 0 Å². The molecule has 2 aromatic carbocycles. The van der Waals surface area contributed by atoms with E-state index in [-0.39, 0.29) is 30.6 Å². The molecule has 2 aromatic rings. The Labute approximate surface area is 160 Å². The molecule has 1 unspecified atom stereocenters. The van der Waals surface area contributed by atoms with Gasteiger partial charge in [0, 0.05) is 12.0 Å². The smallest absolute Gasteiger partial charge is 0.412 e. The van der Waals surface area contributed by atoms with Crippen LogP contribution in [0.1, 0.15) is 31.9 Å². The van der Waals surface area contributed by atoms with Gasteiger partial charge in [-0.3, -0.25) is 9.69 Å². The van der Waals surface area contributed by atoms with E-state index >= 15 is 0 Å². The molecule has 1 atom stereocenters. The van der Waals surface area contributed by atoms with Crippen molar-refractivity contribution >= 4 is 12.0 Å². The highest BCUT2D eigenvalue weighted by Crippen LogP contribution is 2.33. The molecule has 5 heteroatoms. The zero-order valence-corrected chi connectivity index (χ0v) is 16.1. The third-order valence-corrected chi connectivity index (χ3v) is 4.63. The molecule has 142 valence electrons. The number of carbonyl (C=O) groups is 2. The molecule has 0 aromatic heterocycles. The van der Waals surface area contributed by atoms with Gasteiger partial charge in [-0.05, 0) is 11.1 Å². The van der Waals surface area contributed by atoms with E-state index in [0.717, 1.165) is 11.1 Å². The summed E-state index contributed by atoms with van der Waals surface area (Å²) in [5, 5.41) is 0. The van der Waals surface area contributed by atoms with Crippen molar-refractivity contribution in [2.24, 2.45) is 5.41 Å². The molecule has 5 nitrogen and oxygen atoms in total. The van der Waals surface area contributed by atoms with Crippen LogP contribution >= 0.6 is 0 Å². The lowest BCUT2D eigenvalue weighted by Crippen LogP contribution is -2.50. The lowest BCUT2D eigenvalue weighted by Gasteiger charge is -2.38. The zero-order valence-electron chi connectivity index (χ0n) is 16.1. The summed E-state index contributed by atoms with van der Waals surface area (Å²) in [6.07, 6.45) is -0.809. The van der Waals surface area contributed by atoms with Crippen LogP contribution < -0.4 is 0 Å². The molecule has 0 bridgehead atoms. The molecule has 1 heterocycles. The van der Waals surface area contributed by atoms with Crippen LogP contribution in [0.4, 0.5) is 4.79 Å². The lowest BCUT2D eigenvalue weighted by atomic mass is 9.91. The molecule has 2 amide bonds. The molecule has 3 rings (SSSR count). The van der Waals surface area contributed by atoms with Crippen molar-refractivity contribution < 1.29 is 14.3 Å². The largest absolute Gasteiger partial charge is 0.444 e. The highest BCUT2D eigenvalue weighted by atomic mass is 16.6. The topological polar surface area (TPSA) is 49.9 Å². The molecule has 0 N–H and O–H groups in total. The first kappa shape index (κ1) is 19.0. The van der Waals surface area contributed by atoms with Crippen LogP contribution in [0.25, 0.3) is 0 Å². The summed E-state index contributed by atoms with van der Waals surface area (Å²) in [4.78, 5) is 28.8. The van der Waals surface area contributed by atoms with Gasteiger partial charge < -0.3 is 9.64 Å². The summed E-state index contributed by atoms with van der Waals surface area (Å²) < 4.78 is 5.49. The first-order valence-corrected chi connectivity index (χ1v) is 9.17. The van der Waals surface area contributed by atoms with Gasteiger partial charge >= 0.3 is 6.09 Å². The van der Waals surface area contributed by atoms with Crippen molar-refractivity contribution in [3.63, 3.8) is 0 Å². The average molecular weight is 366 g/mol. The number of amides is 2. The Hall–Kier alpha value is -2.82. The molecule has 1 saturated heterocycles. The Morgan fingerprint density at radius 2 is 1.56 bits per heavy atom. The van der Waals surface area contributed by atoms with Gasteiger partial charge in [0.1, 0.15) is 19.3 Å². The summed E-state index contributed by atoms with van der Waals surface area (Å²) in [7, 11) is 0. The molecule has 0 spiro atoms. The number of hydrogen-bond donors (Lipinski definition) is 0. The van der Waals surface area contributed by atoms with Crippen molar-refractivity contribution in [3.05, 3.63) is 71.8 Å². The summed E-state index contributed by atoms with van der Waals surface area (Å²) >= 11 is 0. The molecule has 1 aliphatic heterocycles.